The van der Waals surface area contributed by atoms with E-state index in [4.69, 9.17) is 9.72 Å². The van der Waals surface area contributed by atoms with Gasteiger partial charge in [0.05, 0.1) is 16.4 Å². The zero-order chi connectivity index (χ0) is 25.9. The Morgan fingerprint density at radius 2 is 1.92 bits per heavy atom. The normalized spacial score (nSPS) is 20.2. The molecule has 0 spiro atoms. The molecule has 1 N–H and O–H groups in total. The molecule has 0 unspecified atom stereocenters. The molecule has 1 aromatic carbocycles. The summed E-state index contributed by atoms with van der Waals surface area (Å²) in [7, 11) is 0. The van der Waals surface area contributed by atoms with Crippen LogP contribution in [-0.2, 0) is 14.3 Å². The Morgan fingerprint density at radius 3 is 2.65 bits per heavy atom. The zero-order valence-electron chi connectivity index (χ0n) is 21.9. The van der Waals surface area contributed by atoms with E-state index in [0.29, 0.717) is 19.8 Å². The summed E-state index contributed by atoms with van der Waals surface area (Å²) in [6, 6.07) is 9.74. The minimum atomic E-state index is -0.523. The van der Waals surface area contributed by atoms with Crippen LogP contribution in [0.25, 0.3) is 21.5 Å². The fourth-order valence-electron chi connectivity index (χ4n) is 5.31. The Bertz CT molecular complexity index is 1250. The highest BCUT2D eigenvalue weighted by molar-refractivity contribution is 7.18. The van der Waals surface area contributed by atoms with Crippen LogP contribution in [-0.4, -0.2) is 52.5 Å². The molecule has 4 heterocycles. The van der Waals surface area contributed by atoms with E-state index in [1.54, 1.807) is 11.3 Å². The summed E-state index contributed by atoms with van der Waals surface area (Å²) in [5.74, 6) is -0.0660. The van der Waals surface area contributed by atoms with Crippen molar-refractivity contribution in [2.45, 2.75) is 65.0 Å². The number of pyridine rings is 1. The molecule has 5 rings (SSSR count). The van der Waals surface area contributed by atoms with E-state index in [9.17, 15) is 9.59 Å². The molecule has 0 saturated carbocycles. The Labute approximate surface area is 222 Å². The van der Waals surface area contributed by atoms with E-state index < -0.39 is 6.04 Å². The number of carbonyl (C=O) groups excluding carboxylic acids is 2. The molecule has 2 amide bonds. The third kappa shape index (κ3) is 5.41. The Kier molecular flexibility index (Phi) is 7.86. The predicted octanol–water partition coefficient (Wildman–Crippen LogP) is 5.29. The number of nitrogens with zero attached hydrogens (tertiary/aromatic N) is 3. The molecule has 0 radical (unpaired) electrons. The Morgan fingerprint density at radius 1 is 1.16 bits per heavy atom. The molecular formula is C29H36N4O3S. The number of benzene rings is 1. The van der Waals surface area contributed by atoms with Crippen molar-refractivity contribution in [1.82, 2.24) is 20.2 Å². The van der Waals surface area contributed by atoms with Crippen LogP contribution in [0.1, 0.15) is 62.6 Å². The van der Waals surface area contributed by atoms with Gasteiger partial charge in [0.15, 0.2) is 0 Å². The summed E-state index contributed by atoms with van der Waals surface area (Å²) in [5.41, 5.74) is 4.00. The second-order valence-electron chi connectivity index (χ2n) is 10.4. The number of ether oxygens (including phenoxy) is 1. The number of aryl methyl sites for hydroxylation is 1. The van der Waals surface area contributed by atoms with Crippen molar-refractivity contribution >= 4 is 33.4 Å². The number of hydrogen-bond acceptors (Lipinski definition) is 6. The highest BCUT2D eigenvalue weighted by Crippen LogP contribution is 2.39. The van der Waals surface area contributed by atoms with Gasteiger partial charge in [0.25, 0.3) is 0 Å². The lowest BCUT2D eigenvalue weighted by atomic mass is 9.90. The average molecular weight is 521 g/mol. The zero-order valence-corrected chi connectivity index (χ0v) is 22.7. The van der Waals surface area contributed by atoms with Gasteiger partial charge in [0.1, 0.15) is 16.6 Å². The molecular weight excluding hydrogens is 484 g/mol. The first kappa shape index (κ1) is 25.8. The minimum Gasteiger partial charge on any atom is -0.381 e. The number of amides is 2. The number of aromatic nitrogens is 2. The van der Waals surface area contributed by atoms with E-state index in [2.05, 4.69) is 41.5 Å². The summed E-state index contributed by atoms with van der Waals surface area (Å²) >= 11 is 1.65. The van der Waals surface area contributed by atoms with Gasteiger partial charge < -0.3 is 15.0 Å². The lowest BCUT2D eigenvalue weighted by Crippen LogP contribution is -2.54. The molecule has 7 nitrogen and oxygen atoms in total. The monoisotopic (exact) mass is 520 g/mol. The molecule has 3 aromatic rings. The summed E-state index contributed by atoms with van der Waals surface area (Å²) < 4.78 is 6.63. The van der Waals surface area contributed by atoms with Gasteiger partial charge >= 0.3 is 0 Å². The van der Waals surface area contributed by atoms with Crippen molar-refractivity contribution in [2.75, 3.05) is 19.8 Å². The molecule has 2 fully saturated rings. The number of fused-ring (bicyclic) bond motifs is 1. The maximum Gasteiger partial charge on any atom is 0.246 e. The van der Waals surface area contributed by atoms with Crippen molar-refractivity contribution < 1.29 is 14.3 Å². The number of rotatable bonds is 7. The predicted molar refractivity (Wildman–Crippen MR) is 146 cm³/mol. The molecule has 2 aliphatic heterocycles. The van der Waals surface area contributed by atoms with Crippen LogP contribution in [0.4, 0.5) is 0 Å². The quantitative estimate of drug-likeness (QED) is 0.458. The largest absolute Gasteiger partial charge is 0.381 e. The third-order valence-electron chi connectivity index (χ3n) is 7.83. The van der Waals surface area contributed by atoms with Gasteiger partial charge in [0, 0.05) is 37.4 Å². The van der Waals surface area contributed by atoms with E-state index in [0.717, 1.165) is 58.6 Å². The molecule has 8 heteroatoms. The summed E-state index contributed by atoms with van der Waals surface area (Å²) in [6.07, 6.45) is 5.94. The lowest BCUT2D eigenvalue weighted by molar-refractivity contribution is -0.140. The molecule has 3 atom stereocenters. The Hall–Kier alpha value is -2.84. The molecule has 196 valence electrons. The number of thiazole rings is 1. The van der Waals surface area contributed by atoms with Crippen LogP contribution < -0.4 is 5.32 Å². The van der Waals surface area contributed by atoms with Crippen LogP contribution in [0.3, 0.4) is 0 Å². The van der Waals surface area contributed by atoms with E-state index >= 15 is 0 Å². The molecule has 2 aliphatic rings. The minimum absolute atomic E-state index is 0.0159. The molecule has 2 aromatic heterocycles. The van der Waals surface area contributed by atoms with E-state index in [1.165, 1.54) is 5.56 Å². The molecule has 0 bridgehead atoms. The van der Waals surface area contributed by atoms with Gasteiger partial charge in [-0.25, -0.2) is 4.98 Å². The number of carbonyl (C=O) groups is 2. The van der Waals surface area contributed by atoms with Crippen molar-refractivity contribution in [3.8, 4) is 11.3 Å². The fourth-order valence-corrected chi connectivity index (χ4v) is 6.43. The van der Waals surface area contributed by atoms with Gasteiger partial charge in [-0.1, -0.05) is 43.7 Å². The van der Waals surface area contributed by atoms with Crippen molar-refractivity contribution in [3.63, 3.8) is 0 Å². The van der Waals surface area contributed by atoms with Crippen LogP contribution in [0.5, 0.6) is 0 Å². The topological polar surface area (TPSA) is 84.4 Å². The van der Waals surface area contributed by atoms with Crippen LogP contribution in [0, 0.1) is 18.8 Å². The van der Waals surface area contributed by atoms with Gasteiger partial charge in [0.2, 0.25) is 11.8 Å². The first-order valence-corrected chi connectivity index (χ1v) is 14.3. The lowest BCUT2D eigenvalue weighted by Gasteiger charge is -2.35. The van der Waals surface area contributed by atoms with Crippen LogP contribution >= 0.6 is 11.3 Å². The molecule has 0 aliphatic carbocycles. The highest BCUT2D eigenvalue weighted by atomic mass is 32.1. The van der Waals surface area contributed by atoms with Gasteiger partial charge in [-0.3, -0.25) is 14.6 Å². The van der Waals surface area contributed by atoms with Gasteiger partial charge in [-0.2, -0.15) is 0 Å². The van der Waals surface area contributed by atoms with Crippen LogP contribution in [0.15, 0.2) is 36.5 Å². The first-order chi connectivity index (χ1) is 18.0. The van der Waals surface area contributed by atoms with Crippen molar-refractivity contribution in [1.29, 1.82) is 0 Å². The smallest absolute Gasteiger partial charge is 0.246 e. The summed E-state index contributed by atoms with van der Waals surface area (Å²) in [4.78, 5) is 38.6. The van der Waals surface area contributed by atoms with Gasteiger partial charge in [-0.15, -0.1) is 11.3 Å². The number of likely N-dealkylation sites (tertiary alicyclic amines) is 1. The summed E-state index contributed by atoms with van der Waals surface area (Å²) in [6.45, 7) is 7.93. The van der Waals surface area contributed by atoms with Crippen LogP contribution in [0.2, 0.25) is 0 Å². The third-order valence-corrected chi connectivity index (χ3v) is 8.95. The second-order valence-corrected chi connectivity index (χ2v) is 11.4. The molecule has 2 saturated heterocycles. The highest BCUT2D eigenvalue weighted by Gasteiger charge is 2.40. The maximum absolute atomic E-state index is 14.0. The second kappa shape index (κ2) is 11.3. The summed E-state index contributed by atoms with van der Waals surface area (Å²) in [5, 5.41) is 4.08. The Balaban J connectivity index is 1.44. The number of nitrogens with one attached hydrogen (secondary N) is 1. The fraction of sp³-hybridized carbons (Fsp3) is 0.517. The van der Waals surface area contributed by atoms with Crippen molar-refractivity contribution in [2.24, 2.45) is 11.8 Å². The number of hydrogen-bond donors (Lipinski definition) is 1. The average Bonchev–Trinajstić information content (AvgIpc) is 3.59. The van der Waals surface area contributed by atoms with E-state index in [1.807, 2.05) is 31.0 Å². The molecule has 37 heavy (non-hydrogen) atoms. The SMILES string of the molecule is CC[C@@H](C)C(=O)N[C@H](C(=O)N1CCC[C@H]1c1nc2c(-c3ccc(C)cc3)nccc2s1)C1CCOCC1. The van der Waals surface area contributed by atoms with E-state index in [-0.39, 0.29) is 29.7 Å². The first-order valence-electron chi connectivity index (χ1n) is 13.5. The van der Waals surface area contributed by atoms with Gasteiger partial charge in [-0.05, 0) is 51.0 Å². The standard InChI is InChI=1S/C29H36N4O3S/c1-4-19(3)27(34)31-25(21-12-16-36-17-13-21)29(35)33-15-5-6-22(33)28-32-26-23(37-28)11-14-30-24(26)20-9-7-18(2)8-10-20/h7-11,14,19,21-22,25H,4-6,12-13,15-17H2,1-3H3,(H,31,34)/t19-,22+,25+/m1/s1. The maximum atomic E-state index is 14.0. The van der Waals surface area contributed by atoms with Crippen molar-refractivity contribution in [3.05, 3.63) is 47.1 Å².